The standard InChI is InChI=1S/C4H8BrNO4/c1-4(5,6(8)9)3(7)10-2/h3,7H,1-2H3. The highest BCUT2D eigenvalue weighted by atomic mass is 79.9. The van der Waals surface area contributed by atoms with Gasteiger partial charge >= 0.3 is 4.45 Å². The molecule has 10 heavy (non-hydrogen) atoms. The molecule has 0 aromatic heterocycles. The number of nitro groups is 1. The molecular formula is C4H8BrNO4. The van der Waals surface area contributed by atoms with Gasteiger partial charge in [-0.2, -0.15) is 0 Å². The Balaban J connectivity index is 4.23. The smallest absolute Gasteiger partial charge is 0.321 e. The second kappa shape index (κ2) is 3.27. The highest BCUT2D eigenvalue weighted by Crippen LogP contribution is 2.22. The van der Waals surface area contributed by atoms with Gasteiger partial charge in [0.05, 0.1) is 0 Å². The molecule has 6 heteroatoms. The molecule has 0 saturated carbocycles. The van der Waals surface area contributed by atoms with Crippen molar-refractivity contribution in [3.8, 4) is 0 Å². The third-order valence-corrected chi connectivity index (χ3v) is 1.71. The number of aliphatic hydroxyl groups is 1. The summed E-state index contributed by atoms with van der Waals surface area (Å²) in [6.07, 6.45) is -1.44. The van der Waals surface area contributed by atoms with E-state index < -0.39 is 15.7 Å². The number of hydrogen-bond donors (Lipinski definition) is 1. The maximum Gasteiger partial charge on any atom is 0.321 e. The molecule has 2 atom stereocenters. The fourth-order valence-electron chi connectivity index (χ4n) is 0.305. The SMILES string of the molecule is COC(O)C(C)(Br)[N+](=O)[O-]. The molecule has 1 N–H and O–H groups in total. The van der Waals surface area contributed by atoms with Gasteiger partial charge < -0.3 is 9.84 Å². The maximum atomic E-state index is 10.1. The van der Waals surface area contributed by atoms with E-state index in [0.717, 1.165) is 0 Å². The lowest BCUT2D eigenvalue weighted by Crippen LogP contribution is -2.41. The van der Waals surface area contributed by atoms with Gasteiger partial charge in [0.25, 0.3) is 0 Å². The molecule has 5 nitrogen and oxygen atoms in total. The molecule has 0 heterocycles. The summed E-state index contributed by atoms with van der Waals surface area (Å²) in [5.74, 6) is 0. The minimum absolute atomic E-state index is 0.666. The number of alkyl halides is 1. The van der Waals surface area contributed by atoms with Crippen molar-refractivity contribution in [1.82, 2.24) is 0 Å². The molecule has 0 aliphatic carbocycles. The fourth-order valence-corrected chi connectivity index (χ4v) is 0.492. The van der Waals surface area contributed by atoms with Crippen LogP contribution >= 0.6 is 15.9 Å². The first-order valence-electron chi connectivity index (χ1n) is 2.47. The average Bonchev–Trinajstić information content (AvgIpc) is 1.86. The number of halogens is 1. The van der Waals surface area contributed by atoms with Crippen molar-refractivity contribution >= 4 is 15.9 Å². The normalized spacial score (nSPS) is 19.6. The van der Waals surface area contributed by atoms with Gasteiger partial charge in [0.1, 0.15) is 0 Å². The molecule has 0 rings (SSSR count). The molecule has 0 aromatic rings. The molecule has 0 aromatic carbocycles. The highest BCUT2D eigenvalue weighted by molar-refractivity contribution is 9.10. The van der Waals surface area contributed by atoms with Crippen LogP contribution in [0.25, 0.3) is 0 Å². The molecule has 60 valence electrons. The highest BCUT2D eigenvalue weighted by Gasteiger charge is 2.42. The molecule has 0 spiro atoms. The van der Waals surface area contributed by atoms with E-state index in [1.54, 1.807) is 0 Å². The Morgan fingerprint density at radius 3 is 2.40 bits per heavy atom. The first-order valence-corrected chi connectivity index (χ1v) is 3.26. The minimum atomic E-state index is -1.62. The predicted molar refractivity (Wildman–Crippen MR) is 37.3 cm³/mol. The third-order valence-electron chi connectivity index (χ3n) is 1.03. The van der Waals surface area contributed by atoms with Gasteiger partial charge in [-0.05, 0) is 0 Å². The van der Waals surface area contributed by atoms with Crippen molar-refractivity contribution in [2.24, 2.45) is 0 Å². The van der Waals surface area contributed by atoms with E-state index >= 15 is 0 Å². The lowest BCUT2D eigenvalue weighted by Gasteiger charge is -2.17. The van der Waals surface area contributed by atoms with Gasteiger partial charge in [0.15, 0.2) is 0 Å². The van der Waals surface area contributed by atoms with E-state index in [-0.39, 0.29) is 0 Å². The van der Waals surface area contributed by atoms with Crippen LogP contribution in [0, 0.1) is 10.1 Å². The number of nitrogens with zero attached hydrogens (tertiary/aromatic N) is 1. The largest absolute Gasteiger partial charge is 0.362 e. The second-order valence-electron chi connectivity index (χ2n) is 1.87. The third kappa shape index (κ3) is 1.89. The average molecular weight is 214 g/mol. The maximum absolute atomic E-state index is 10.1. The lowest BCUT2D eigenvalue weighted by molar-refractivity contribution is -0.555. The van der Waals surface area contributed by atoms with Crippen molar-refractivity contribution in [2.45, 2.75) is 17.7 Å². The summed E-state index contributed by atoms with van der Waals surface area (Å²) in [6, 6.07) is 0. The van der Waals surface area contributed by atoms with Crippen molar-refractivity contribution in [1.29, 1.82) is 0 Å². The van der Waals surface area contributed by atoms with Gasteiger partial charge in [-0.25, -0.2) is 0 Å². The summed E-state index contributed by atoms with van der Waals surface area (Å²) in [5, 5.41) is 19.0. The Hall–Kier alpha value is -0.200. The van der Waals surface area contributed by atoms with Crippen molar-refractivity contribution < 1.29 is 14.8 Å². The van der Waals surface area contributed by atoms with Crippen LogP contribution in [-0.4, -0.2) is 27.9 Å². The first kappa shape index (κ1) is 9.80. The van der Waals surface area contributed by atoms with Crippen LogP contribution in [0.15, 0.2) is 0 Å². The molecule has 0 aliphatic heterocycles. The van der Waals surface area contributed by atoms with Crippen LogP contribution in [0.5, 0.6) is 0 Å². The van der Waals surface area contributed by atoms with E-state index in [0.29, 0.717) is 0 Å². The Bertz CT molecular complexity index is 137. The van der Waals surface area contributed by atoms with Gasteiger partial charge in [-0.15, -0.1) is 0 Å². The Morgan fingerprint density at radius 2 is 2.30 bits per heavy atom. The summed E-state index contributed by atoms with van der Waals surface area (Å²) in [6.45, 7) is 1.21. The number of methoxy groups -OCH3 is 1. The molecule has 0 amide bonds. The topological polar surface area (TPSA) is 72.6 Å². The molecule has 0 saturated heterocycles. The summed E-state index contributed by atoms with van der Waals surface area (Å²) in [4.78, 5) is 9.47. The lowest BCUT2D eigenvalue weighted by atomic mass is 10.3. The van der Waals surface area contributed by atoms with Crippen LogP contribution in [-0.2, 0) is 4.74 Å². The second-order valence-corrected chi connectivity index (χ2v) is 3.47. The minimum Gasteiger partial charge on any atom is -0.362 e. The molecule has 0 aliphatic rings. The van der Waals surface area contributed by atoms with E-state index in [4.69, 9.17) is 5.11 Å². The molecule has 0 bridgehead atoms. The first-order chi connectivity index (χ1) is 4.42. The van der Waals surface area contributed by atoms with Crippen LogP contribution in [0.1, 0.15) is 6.92 Å². The molecule has 0 fully saturated rings. The Morgan fingerprint density at radius 1 is 1.90 bits per heavy atom. The Labute approximate surface area is 66.3 Å². The van der Waals surface area contributed by atoms with Crippen LogP contribution in [0.3, 0.4) is 0 Å². The number of aliphatic hydroxyl groups excluding tert-OH is 1. The summed E-state index contributed by atoms with van der Waals surface area (Å²) in [7, 11) is 1.19. The van der Waals surface area contributed by atoms with Gasteiger partial charge in [0.2, 0.25) is 6.29 Å². The van der Waals surface area contributed by atoms with E-state index in [2.05, 4.69) is 20.7 Å². The van der Waals surface area contributed by atoms with Crippen LogP contribution in [0.4, 0.5) is 0 Å². The van der Waals surface area contributed by atoms with Crippen LogP contribution in [0.2, 0.25) is 0 Å². The van der Waals surface area contributed by atoms with Gasteiger partial charge in [-0.3, -0.25) is 10.1 Å². The zero-order valence-corrected chi connectivity index (χ0v) is 7.16. The number of ether oxygens (including phenoxy) is 1. The van der Waals surface area contributed by atoms with E-state index in [9.17, 15) is 10.1 Å². The Kier molecular flexibility index (Phi) is 3.20. The van der Waals surface area contributed by atoms with Crippen molar-refractivity contribution in [3.05, 3.63) is 10.1 Å². The quantitative estimate of drug-likeness (QED) is 0.241. The van der Waals surface area contributed by atoms with E-state index in [1.807, 2.05) is 0 Å². The van der Waals surface area contributed by atoms with Crippen molar-refractivity contribution in [3.63, 3.8) is 0 Å². The summed E-state index contributed by atoms with van der Waals surface area (Å²) < 4.78 is 2.72. The summed E-state index contributed by atoms with van der Waals surface area (Å²) in [5.41, 5.74) is 0. The zero-order valence-electron chi connectivity index (χ0n) is 5.57. The molecule has 0 radical (unpaired) electrons. The monoisotopic (exact) mass is 213 g/mol. The number of hydrogen-bond acceptors (Lipinski definition) is 4. The summed E-state index contributed by atoms with van der Waals surface area (Å²) >= 11 is 2.70. The van der Waals surface area contributed by atoms with Gasteiger partial charge in [0, 0.05) is 34.9 Å². The number of rotatable bonds is 3. The van der Waals surface area contributed by atoms with E-state index in [1.165, 1.54) is 14.0 Å². The zero-order chi connectivity index (χ0) is 8.36. The van der Waals surface area contributed by atoms with Gasteiger partial charge in [-0.1, -0.05) is 0 Å². The molecular weight excluding hydrogens is 206 g/mol. The van der Waals surface area contributed by atoms with Crippen molar-refractivity contribution in [2.75, 3.05) is 7.11 Å². The molecule has 2 unspecified atom stereocenters. The van der Waals surface area contributed by atoms with Crippen LogP contribution < -0.4 is 0 Å². The fraction of sp³-hybridized carbons (Fsp3) is 1.00. The predicted octanol–water partition coefficient (Wildman–Crippen LogP) is 0.339.